The lowest BCUT2D eigenvalue weighted by Gasteiger charge is -2.09. The van der Waals surface area contributed by atoms with Crippen molar-refractivity contribution in [3.05, 3.63) is 58.0 Å². The van der Waals surface area contributed by atoms with Crippen LogP contribution in [0.3, 0.4) is 0 Å². The van der Waals surface area contributed by atoms with Crippen molar-refractivity contribution in [2.45, 2.75) is 12.8 Å². The first-order chi connectivity index (χ1) is 10.6. The molecule has 0 unspecified atom stereocenters. The second-order valence-corrected chi connectivity index (χ2v) is 5.32. The Morgan fingerprint density at radius 1 is 1.41 bits per heavy atom. The number of hydrogen-bond acceptors (Lipinski definition) is 5. The van der Waals surface area contributed by atoms with E-state index in [1.165, 1.54) is 12.1 Å². The van der Waals surface area contributed by atoms with Gasteiger partial charge in [0, 0.05) is 30.2 Å². The molecular weight excluding hydrogens is 307 g/mol. The number of nitrogens with zero attached hydrogens (tertiary/aromatic N) is 3. The molecule has 1 aromatic heterocycles. The van der Waals surface area contributed by atoms with E-state index in [1.807, 2.05) is 0 Å². The second kappa shape index (κ2) is 5.73. The number of rotatable bonds is 3. The van der Waals surface area contributed by atoms with Crippen molar-refractivity contribution in [3.63, 3.8) is 0 Å². The number of benzene rings is 1. The highest BCUT2D eigenvalue weighted by atomic mass is 35.5. The van der Waals surface area contributed by atoms with Crippen LogP contribution in [-0.4, -0.2) is 21.7 Å². The number of amidine groups is 1. The molecule has 3 N–H and O–H groups in total. The van der Waals surface area contributed by atoms with Crippen LogP contribution in [0.2, 0.25) is 5.02 Å². The lowest BCUT2D eigenvalue weighted by Crippen LogP contribution is -2.13. The minimum atomic E-state index is -0.487. The molecule has 22 heavy (non-hydrogen) atoms. The maximum Gasteiger partial charge on any atom is 0.158 e. The molecule has 0 radical (unpaired) electrons. The average molecular weight is 319 g/mol. The Morgan fingerprint density at radius 3 is 2.95 bits per heavy atom. The van der Waals surface area contributed by atoms with Gasteiger partial charge in [0.15, 0.2) is 5.82 Å². The third-order valence-electron chi connectivity index (χ3n) is 3.43. The van der Waals surface area contributed by atoms with E-state index >= 15 is 0 Å². The molecule has 0 fully saturated rings. The predicted octanol–water partition coefficient (Wildman–Crippen LogP) is 2.84. The molecule has 5 nitrogen and oxygen atoms in total. The van der Waals surface area contributed by atoms with Crippen LogP contribution < -0.4 is 5.73 Å². The molecular formula is C15H12ClFN4O. The van der Waals surface area contributed by atoms with Crippen LogP contribution in [0.25, 0.3) is 0 Å². The van der Waals surface area contributed by atoms with Gasteiger partial charge in [-0.3, -0.25) is 0 Å². The van der Waals surface area contributed by atoms with Gasteiger partial charge in [-0.15, -0.1) is 0 Å². The summed E-state index contributed by atoms with van der Waals surface area (Å²) in [6.07, 6.45) is 2.34. The van der Waals surface area contributed by atoms with Gasteiger partial charge in [0.25, 0.3) is 0 Å². The van der Waals surface area contributed by atoms with Gasteiger partial charge >= 0.3 is 0 Å². The molecule has 3 rings (SSSR count). The molecule has 112 valence electrons. The van der Waals surface area contributed by atoms with Gasteiger partial charge in [0.2, 0.25) is 0 Å². The summed E-state index contributed by atoms with van der Waals surface area (Å²) in [4.78, 5) is 8.28. The van der Waals surface area contributed by atoms with E-state index in [0.29, 0.717) is 30.2 Å². The molecule has 0 aliphatic carbocycles. The average Bonchev–Trinajstić information content (AvgIpc) is 2.88. The predicted molar refractivity (Wildman–Crippen MR) is 82.7 cm³/mol. The Balaban J connectivity index is 1.94. The van der Waals surface area contributed by atoms with Crippen LogP contribution in [0.4, 0.5) is 10.2 Å². The summed E-state index contributed by atoms with van der Waals surface area (Å²) in [6.45, 7) is 0. The van der Waals surface area contributed by atoms with Gasteiger partial charge in [-0.25, -0.2) is 14.4 Å². The number of fused-ring (bicyclic) bond motifs is 1. The number of halogens is 2. The largest absolute Gasteiger partial charge is 0.411 e. The third-order valence-corrected chi connectivity index (χ3v) is 3.72. The number of aliphatic imine (C=N–C) groups is 1. The van der Waals surface area contributed by atoms with Crippen LogP contribution in [0.5, 0.6) is 0 Å². The molecule has 0 bridgehead atoms. The Hall–Kier alpha value is -2.47. The molecule has 2 heterocycles. The summed E-state index contributed by atoms with van der Waals surface area (Å²) in [6, 6.07) is 6.13. The lowest BCUT2D eigenvalue weighted by molar-refractivity contribution is 0.318. The summed E-state index contributed by atoms with van der Waals surface area (Å²) in [5.41, 5.74) is 8.43. The normalized spacial score (nSPS) is 13.9. The zero-order valence-electron chi connectivity index (χ0n) is 11.4. The van der Waals surface area contributed by atoms with E-state index < -0.39 is 5.82 Å². The van der Waals surface area contributed by atoms with Crippen LogP contribution in [-0.2, 0) is 12.8 Å². The van der Waals surface area contributed by atoms with Crippen LogP contribution in [0.15, 0.2) is 40.6 Å². The Morgan fingerprint density at radius 2 is 2.23 bits per heavy atom. The van der Waals surface area contributed by atoms with Gasteiger partial charge in [-0.2, -0.15) is 0 Å². The zero-order valence-corrected chi connectivity index (χ0v) is 12.2. The molecule has 0 amide bonds. The van der Waals surface area contributed by atoms with Gasteiger partial charge in [0.05, 0.1) is 10.7 Å². The smallest absolute Gasteiger partial charge is 0.158 e. The first-order valence-electron chi connectivity index (χ1n) is 6.54. The number of aromatic nitrogens is 1. The van der Waals surface area contributed by atoms with E-state index in [-0.39, 0.29) is 5.02 Å². The molecule has 0 spiro atoms. The summed E-state index contributed by atoms with van der Waals surface area (Å²) < 4.78 is 13.2. The third kappa shape index (κ3) is 2.65. The molecule has 1 aliphatic rings. The quantitative estimate of drug-likeness (QED) is 0.518. The highest BCUT2D eigenvalue weighted by Gasteiger charge is 2.20. The topological polar surface area (TPSA) is 83.9 Å². The van der Waals surface area contributed by atoms with Crippen molar-refractivity contribution in [2.24, 2.45) is 15.9 Å². The van der Waals surface area contributed by atoms with E-state index in [0.717, 1.165) is 16.7 Å². The van der Waals surface area contributed by atoms with Crippen LogP contribution >= 0.6 is 11.6 Å². The molecule has 0 saturated heterocycles. The van der Waals surface area contributed by atoms with E-state index in [9.17, 15) is 9.60 Å². The summed E-state index contributed by atoms with van der Waals surface area (Å²) in [5.74, 6) is 0.518. The first kappa shape index (κ1) is 14.5. The van der Waals surface area contributed by atoms with E-state index in [2.05, 4.69) is 15.1 Å². The summed E-state index contributed by atoms with van der Waals surface area (Å²) in [7, 11) is 0. The molecule has 0 saturated carbocycles. The maximum absolute atomic E-state index is 13.2. The fraction of sp³-hybridized carbons (Fsp3) is 0.133. The molecule has 1 aliphatic heterocycles. The summed E-state index contributed by atoms with van der Waals surface area (Å²) >= 11 is 5.78. The van der Waals surface area contributed by atoms with Gasteiger partial charge in [0.1, 0.15) is 11.7 Å². The van der Waals surface area contributed by atoms with E-state index in [4.69, 9.17) is 17.3 Å². The standard InChI is InChI=1S/C15H12ClFN4O/c16-11-5-8(1-2-12(11)17)6-13(21-22)9-3-4-19-15-10(9)7-14(18)20-15/h1-5,22H,6-7H2,(H2,18,19,20)/b21-13+. The van der Waals surface area contributed by atoms with Crippen molar-refractivity contribution >= 4 is 29.0 Å². The van der Waals surface area contributed by atoms with Crippen LogP contribution in [0.1, 0.15) is 16.7 Å². The Kier molecular flexibility index (Phi) is 3.77. The van der Waals surface area contributed by atoms with Gasteiger partial charge in [-0.05, 0) is 23.8 Å². The molecule has 1 aromatic carbocycles. The number of oxime groups is 1. The van der Waals surface area contributed by atoms with Gasteiger partial charge in [-0.1, -0.05) is 22.8 Å². The van der Waals surface area contributed by atoms with Gasteiger partial charge < -0.3 is 10.9 Å². The number of pyridine rings is 1. The van der Waals surface area contributed by atoms with Crippen molar-refractivity contribution < 1.29 is 9.60 Å². The lowest BCUT2D eigenvalue weighted by atomic mass is 9.97. The minimum absolute atomic E-state index is 0.0299. The Labute approximate surface area is 131 Å². The second-order valence-electron chi connectivity index (χ2n) is 4.91. The molecule has 0 atom stereocenters. The van der Waals surface area contributed by atoms with Crippen molar-refractivity contribution in [1.82, 2.24) is 4.98 Å². The number of nitrogens with two attached hydrogens (primary N) is 1. The zero-order chi connectivity index (χ0) is 15.7. The van der Waals surface area contributed by atoms with Crippen LogP contribution in [0, 0.1) is 5.82 Å². The highest BCUT2D eigenvalue weighted by molar-refractivity contribution is 6.30. The van der Waals surface area contributed by atoms with Crippen molar-refractivity contribution in [3.8, 4) is 0 Å². The Bertz CT molecular complexity index is 804. The van der Waals surface area contributed by atoms with Crippen molar-refractivity contribution in [1.29, 1.82) is 0 Å². The highest BCUT2D eigenvalue weighted by Crippen LogP contribution is 2.27. The SMILES string of the molecule is NC1=Nc2nccc(/C(Cc3ccc(F)c(Cl)c3)=N/O)c2C1. The first-order valence-corrected chi connectivity index (χ1v) is 6.92. The number of hydrogen-bond donors (Lipinski definition) is 2. The minimum Gasteiger partial charge on any atom is -0.411 e. The molecule has 2 aromatic rings. The fourth-order valence-electron chi connectivity index (χ4n) is 2.41. The maximum atomic E-state index is 13.2. The monoisotopic (exact) mass is 318 g/mol. The molecule has 7 heteroatoms. The van der Waals surface area contributed by atoms with E-state index in [1.54, 1.807) is 18.3 Å². The van der Waals surface area contributed by atoms with Crippen molar-refractivity contribution in [2.75, 3.05) is 0 Å². The summed E-state index contributed by atoms with van der Waals surface area (Å²) in [5, 5.41) is 12.8. The fourth-order valence-corrected chi connectivity index (χ4v) is 2.61.